The van der Waals surface area contributed by atoms with E-state index in [1.165, 1.54) is 0 Å². The highest BCUT2D eigenvalue weighted by molar-refractivity contribution is 6.35. The van der Waals surface area contributed by atoms with Gasteiger partial charge in [0, 0.05) is 23.6 Å². The Kier molecular flexibility index (Phi) is 5.38. The first-order valence-corrected chi connectivity index (χ1v) is 5.54. The van der Waals surface area contributed by atoms with Crippen molar-refractivity contribution in [2.75, 3.05) is 13.6 Å². The molecule has 1 aromatic rings. The Morgan fingerprint density at radius 3 is 2.75 bits per heavy atom. The second-order valence-corrected chi connectivity index (χ2v) is 3.97. The zero-order chi connectivity index (χ0) is 12.0. The highest BCUT2D eigenvalue weighted by Gasteiger charge is 2.01. The molecule has 0 atom stereocenters. The summed E-state index contributed by atoms with van der Waals surface area (Å²) in [5.74, 6) is 5.77. The Bertz CT molecular complexity index is 379. The molecule has 0 aromatic heterocycles. The van der Waals surface area contributed by atoms with Gasteiger partial charge in [0.2, 0.25) is 5.96 Å². The van der Waals surface area contributed by atoms with Crippen LogP contribution in [-0.2, 0) is 6.42 Å². The number of hydrazine groups is 1. The Balaban J connectivity index is 2.49. The smallest absolute Gasteiger partial charge is 0.205 e. The third-order valence-corrected chi connectivity index (χ3v) is 2.65. The molecule has 0 fully saturated rings. The normalized spacial score (nSPS) is 11.4. The van der Waals surface area contributed by atoms with E-state index in [9.17, 15) is 0 Å². The highest BCUT2D eigenvalue weighted by Crippen LogP contribution is 2.20. The van der Waals surface area contributed by atoms with Crippen LogP contribution >= 0.6 is 23.2 Å². The second kappa shape index (κ2) is 6.58. The van der Waals surface area contributed by atoms with E-state index in [0.29, 0.717) is 22.5 Å². The molecule has 0 aliphatic rings. The van der Waals surface area contributed by atoms with E-state index < -0.39 is 0 Å². The fraction of sp³-hybridized carbons (Fsp3) is 0.300. The molecule has 0 aliphatic carbocycles. The van der Waals surface area contributed by atoms with Crippen molar-refractivity contribution in [2.45, 2.75) is 6.42 Å². The zero-order valence-corrected chi connectivity index (χ0v) is 10.4. The standard InChI is InChI=1S/C10H14Cl2N4/c1-14-10(16-13)15-5-4-7-2-3-8(11)6-9(7)12/h2-3,6H,4-5,13H2,1H3,(H2,14,15,16). The van der Waals surface area contributed by atoms with Gasteiger partial charge in [0.25, 0.3) is 0 Å². The van der Waals surface area contributed by atoms with Gasteiger partial charge in [-0.25, -0.2) is 5.84 Å². The quantitative estimate of drug-likeness (QED) is 0.335. The van der Waals surface area contributed by atoms with Gasteiger partial charge in [0.1, 0.15) is 0 Å². The molecular weight excluding hydrogens is 247 g/mol. The van der Waals surface area contributed by atoms with Crippen LogP contribution in [0.1, 0.15) is 5.56 Å². The minimum atomic E-state index is 0.546. The topological polar surface area (TPSA) is 62.4 Å². The summed E-state index contributed by atoms with van der Waals surface area (Å²) in [6.07, 6.45) is 0.775. The van der Waals surface area contributed by atoms with Crippen LogP contribution in [-0.4, -0.2) is 19.6 Å². The number of nitrogens with one attached hydrogen (secondary N) is 2. The molecule has 1 rings (SSSR count). The molecule has 0 saturated carbocycles. The summed E-state index contributed by atoms with van der Waals surface area (Å²) in [7, 11) is 1.65. The van der Waals surface area contributed by atoms with Gasteiger partial charge in [-0.3, -0.25) is 10.4 Å². The average molecular weight is 261 g/mol. The number of hydrogen-bond donors (Lipinski definition) is 3. The van der Waals surface area contributed by atoms with E-state index in [4.69, 9.17) is 29.0 Å². The molecule has 88 valence electrons. The monoisotopic (exact) mass is 260 g/mol. The van der Waals surface area contributed by atoms with Gasteiger partial charge < -0.3 is 5.32 Å². The van der Waals surface area contributed by atoms with Crippen molar-refractivity contribution in [1.82, 2.24) is 10.7 Å². The first-order chi connectivity index (χ1) is 7.67. The number of hydrogen-bond acceptors (Lipinski definition) is 2. The van der Waals surface area contributed by atoms with E-state index >= 15 is 0 Å². The molecule has 0 bridgehead atoms. The second-order valence-electron chi connectivity index (χ2n) is 3.13. The molecule has 0 unspecified atom stereocenters. The average Bonchev–Trinajstić information content (AvgIpc) is 2.27. The Hall–Kier alpha value is -0.970. The van der Waals surface area contributed by atoms with Gasteiger partial charge in [0.15, 0.2) is 0 Å². The summed E-state index contributed by atoms with van der Waals surface area (Å²) in [6, 6.07) is 5.46. The SMILES string of the molecule is CN=C(NN)NCCc1ccc(Cl)cc1Cl. The lowest BCUT2D eigenvalue weighted by molar-refractivity contribution is 0.817. The van der Waals surface area contributed by atoms with Crippen LogP contribution in [0.4, 0.5) is 0 Å². The molecule has 4 nitrogen and oxygen atoms in total. The molecule has 0 radical (unpaired) electrons. The van der Waals surface area contributed by atoms with E-state index in [1.54, 1.807) is 13.1 Å². The van der Waals surface area contributed by atoms with Crippen molar-refractivity contribution in [3.8, 4) is 0 Å². The Labute approximate surface area is 105 Å². The lowest BCUT2D eigenvalue weighted by Crippen LogP contribution is -2.42. The number of rotatable bonds is 3. The summed E-state index contributed by atoms with van der Waals surface area (Å²) >= 11 is 11.8. The zero-order valence-electron chi connectivity index (χ0n) is 8.93. The van der Waals surface area contributed by atoms with Crippen LogP contribution in [0, 0.1) is 0 Å². The fourth-order valence-electron chi connectivity index (χ4n) is 1.23. The van der Waals surface area contributed by atoms with Gasteiger partial charge in [-0.1, -0.05) is 29.3 Å². The number of nitrogens with zero attached hydrogens (tertiary/aromatic N) is 1. The van der Waals surface area contributed by atoms with Crippen molar-refractivity contribution in [2.24, 2.45) is 10.8 Å². The summed E-state index contributed by atoms with van der Waals surface area (Å²) in [5.41, 5.74) is 3.48. The minimum Gasteiger partial charge on any atom is -0.355 e. The van der Waals surface area contributed by atoms with Crippen molar-refractivity contribution >= 4 is 29.2 Å². The third kappa shape index (κ3) is 3.89. The van der Waals surface area contributed by atoms with Crippen molar-refractivity contribution in [1.29, 1.82) is 0 Å². The lowest BCUT2D eigenvalue weighted by atomic mass is 10.1. The molecule has 0 aliphatic heterocycles. The van der Waals surface area contributed by atoms with Crippen molar-refractivity contribution < 1.29 is 0 Å². The van der Waals surface area contributed by atoms with Gasteiger partial charge in [0.05, 0.1) is 0 Å². The molecule has 0 saturated heterocycles. The van der Waals surface area contributed by atoms with Crippen LogP contribution in [0.2, 0.25) is 10.0 Å². The number of guanidine groups is 1. The molecule has 4 N–H and O–H groups in total. The summed E-state index contributed by atoms with van der Waals surface area (Å²) in [4.78, 5) is 3.89. The maximum absolute atomic E-state index is 6.03. The van der Waals surface area contributed by atoms with Crippen LogP contribution in [0.3, 0.4) is 0 Å². The van der Waals surface area contributed by atoms with Gasteiger partial charge in [-0.2, -0.15) is 0 Å². The number of halogens is 2. The maximum atomic E-state index is 6.03. The first-order valence-electron chi connectivity index (χ1n) is 4.78. The van der Waals surface area contributed by atoms with Crippen LogP contribution < -0.4 is 16.6 Å². The molecule has 0 spiro atoms. The molecule has 6 heteroatoms. The Morgan fingerprint density at radius 1 is 1.44 bits per heavy atom. The summed E-state index contributed by atoms with van der Waals surface area (Å²) in [6.45, 7) is 0.693. The summed E-state index contributed by atoms with van der Waals surface area (Å²) in [5, 5.41) is 4.34. The number of aliphatic imine (C=N–C) groups is 1. The predicted molar refractivity (Wildman–Crippen MR) is 68.9 cm³/mol. The largest absolute Gasteiger partial charge is 0.355 e. The fourth-order valence-corrected chi connectivity index (χ4v) is 1.74. The first kappa shape index (κ1) is 13.1. The molecule has 1 aromatic carbocycles. The van der Waals surface area contributed by atoms with E-state index in [1.807, 2.05) is 12.1 Å². The van der Waals surface area contributed by atoms with Gasteiger partial charge in [-0.05, 0) is 24.1 Å². The van der Waals surface area contributed by atoms with E-state index in [0.717, 1.165) is 12.0 Å². The highest BCUT2D eigenvalue weighted by atomic mass is 35.5. The maximum Gasteiger partial charge on any atom is 0.205 e. The molecule has 0 heterocycles. The number of nitrogens with two attached hydrogens (primary N) is 1. The summed E-state index contributed by atoms with van der Waals surface area (Å²) < 4.78 is 0. The van der Waals surface area contributed by atoms with E-state index in [-0.39, 0.29) is 0 Å². The molecule has 16 heavy (non-hydrogen) atoms. The third-order valence-electron chi connectivity index (χ3n) is 2.06. The van der Waals surface area contributed by atoms with Crippen molar-refractivity contribution in [3.63, 3.8) is 0 Å². The van der Waals surface area contributed by atoms with Crippen LogP contribution in [0.5, 0.6) is 0 Å². The molecule has 0 amide bonds. The minimum absolute atomic E-state index is 0.546. The van der Waals surface area contributed by atoms with E-state index in [2.05, 4.69) is 15.7 Å². The molecular formula is C10H14Cl2N4. The van der Waals surface area contributed by atoms with Crippen LogP contribution in [0.15, 0.2) is 23.2 Å². The van der Waals surface area contributed by atoms with Crippen molar-refractivity contribution in [3.05, 3.63) is 33.8 Å². The van der Waals surface area contributed by atoms with Gasteiger partial charge >= 0.3 is 0 Å². The number of benzene rings is 1. The van der Waals surface area contributed by atoms with Gasteiger partial charge in [-0.15, -0.1) is 0 Å². The lowest BCUT2D eigenvalue weighted by Gasteiger charge is -2.09. The Morgan fingerprint density at radius 2 is 2.19 bits per heavy atom. The predicted octanol–water partition coefficient (Wildman–Crippen LogP) is 1.57. The van der Waals surface area contributed by atoms with Crippen LogP contribution in [0.25, 0.3) is 0 Å².